The lowest BCUT2D eigenvalue weighted by atomic mass is 10.0. The fraction of sp³-hybridized carbons (Fsp3) is 0.200. The van der Waals surface area contributed by atoms with E-state index in [1.807, 2.05) is 35.1 Å². The van der Waals surface area contributed by atoms with Gasteiger partial charge >= 0.3 is 0 Å². The van der Waals surface area contributed by atoms with Gasteiger partial charge in [-0.15, -0.1) is 0 Å². The molecule has 34 heavy (non-hydrogen) atoms. The van der Waals surface area contributed by atoms with Gasteiger partial charge in [0, 0.05) is 23.6 Å². The van der Waals surface area contributed by atoms with Crippen molar-refractivity contribution in [2.45, 2.75) is 25.5 Å². The number of aromatic amines is 1. The van der Waals surface area contributed by atoms with Crippen molar-refractivity contribution in [2.75, 3.05) is 7.11 Å². The van der Waals surface area contributed by atoms with Gasteiger partial charge in [0.2, 0.25) is 10.0 Å². The number of benzene rings is 2. The molecule has 0 aliphatic rings. The topological polar surface area (TPSA) is 101 Å². The zero-order valence-corrected chi connectivity index (χ0v) is 19.7. The fourth-order valence-corrected chi connectivity index (χ4v) is 4.23. The number of halogens is 1. The van der Waals surface area contributed by atoms with Crippen LogP contribution in [0.5, 0.6) is 5.75 Å². The molecule has 0 bridgehead atoms. The van der Waals surface area contributed by atoms with Crippen molar-refractivity contribution in [3.63, 3.8) is 0 Å². The van der Waals surface area contributed by atoms with Crippen LogP contribution in [0, 0.1) is 5.82 Å². The molecule has 0 unspecified atom stereocenters. The number of ether oxygens (including phenoxy) is 1. The van der Waals surface area contributed by atoms with Crippen LogP contribution >= 0.6 is 0 Å². The number of fused-ring (bicyclic) bond motifs is 1. The molecule has 0 fully saturated rings. The number of H-pyrrole nitrogens is 1. The number of nitrogens with one attached hydrogen (secondary N) is 2. The minimum absolute atomic E-state index is 0.0179. The summed E-state index contributed by atoms with van der Waals surface area (Å²) < 4.78 is 45.9. The lowest BCUT2D eigenvalue weighted by molar-refractivity contribution is 0.0976. The zero-order valence-electron chi connectivity index (χ0n) is 18.9. The van der Waals surface area contributed by atoms with E-state index >= 15 is 0 Å². The first kappa shape index (κ1) is 23.4. The Morgan fingerprint density at radius 3 is 2.53 bits per heavy atom. The summed E-state index contributed by atoms with van der Waals surface area (Å²) in [5.74, 6) is -1.16. The van der Waals surface area contributed by atoms with Crippen molar-refractivity contribution in [1.82, 2.24) is 14.7 Å². The van der Waals surface area contributed by atoms with E-state index in [4.69, 9.17) is 4.74 Å². The van der Waals surface area contributed by atoms with Crippen LogP contribution in [0.25, 0.3) is 22.2 Å². The smallest absolute Gasteiger partial charge is 0.283 e. The number of amides is 1. The zero-order chi connectivity index (χ0) is 24.5. The molecule has 0 aliphatic carbocycles. The van der Waals surface area contributed by atoms with Crippen molar-refractivity contribution < 1.29 is 22.3 Å². The summed E-state index contributed by atoms with van der Waals surface area (Å²) in [5, 5.41) is -0.0950. The molecule has 2 aromatic heterocycles. The molecular formula is C25H24FN3O4S. The van der Waals surface area contributed by atoms with Crippen LogP contribution in [0.2, 0.25) is 0 Å². The Bertz CT molecular complexity index is 1460. The van der Waals surface area contributed by atoms with Crippen LogP contribution in [-0.4, -0.2) is 36.7 Å². The first-order valence-electron chi connectivity index (χ1n) is 10.6. The molecule has 9 heteroatoms. The van der Waals surface area contributed by atoms with E-state index in [2.05, 4.69) is 9.97 Å². The number of sulfonamides is 1. The number of rotatable bonds is 7. The number of hydrogen-bond acceptors (Lipinski definition) is 5. The molecular weight excluding hydrogens is 457 g/mol. The first-order chi connectivity index (χ1) is 16.2. The summed E-state index contributed by atoms with van der Waals surface area (Å²) in [6.45, 7) is 2.96. The van der Waals surface area contributed by atoms with E-state index in [1.54, 1.807) is 18.2 Å². The molecule has 0 saturated carbocycles. The van der Waals surface area contributed by atoms with Gasteiger partial charge in [0.15, 0.2) is 11.6 Å². The van der Waals surface area contributed by atoms with Crippen molar-refractivity contribution in [3.8, 4) is 17.0 Å². The lowest BCUT2D eigenvalue weighted by Crippen LogP contribution is -2.36. The second kappa shape index (κ2) is 9.26. The Kier molecular flexibility index (Phi) is 6.39. The number of methoxy groups -OCH3 is 1. The predicted molar refractivity (Wildman–Crippen MR) is 129 cm³/mol. The monoisotopic (exact) mass is 481 g/mol. The number of nitrogens with zero attached hydrogens (tertiary/aromatic N) is 1. The average molecular weight is 482 g/mol. The number of pyridine rings is 1. The van der Waals surface area contributed by atoms with Crippen molar-refractivity contribution in [2.24, 2.45) is 0 Å². The lowest BCUT2D eigenvalue weighted by Gasteiger charge is -2.10. The quantitative estimate of drug-likeness (QED) is 0.407. The van der Waals surface area contributed by atoms with Crippen LogP contribution in [0.15, 0.2) is 60.7 Å². The third kappa shape index (κ3) is 4.65. The largest absolute Gasteiger partial charge is 0.494 e. The van der Waals surface area contributed by atoms with Crippen molar-refractivity contribution in [1.29, 1.82) is 0 Å². The molecule has 0 radical (unpaired) electrons. The molecule has 7 nitrogen and oxygen atoms in total. The number of hydrogen-bond donors (Lipinski definition) is 2. The minimum atomic E-state index is -3.79. The number of aromatic nitrogens is 2. The van der Waals surface area contributed by atoms with Gasteiger partial charge in [0.1, 0.15) is 5.69 Å². The van der Waals surface area contributed by atoms with E-state index in [-0.39, 0.29) is 17.9 Å². The maximum absolute atomic E-state index is 14.6. The second-order valence-corrected chi connectivity index (χ2v) is 10.3. The third-order valence-corrected chi connectivity index (χ3v) is 7.20. The van der Waals surface area contributed by atoms with Gasteiger partial charge in [-0.1, -0.05) is 36.4 Å². The summed E-state index contributed by atoms with van der Waals surface area (Å²) in [7, 11) is -2.38. The maximum atomic E-state index is 14.6. The molecule has 0 saturated heterocycles. The molecule has 4 aromatic rings. The van der Waals surface area contributed by atoms with E-state index in [9.17, 15) is 17.6 Å². The van der Waals surface area contributed by atoms with Crippen LogP contribution in [0.4, 0.5) is 4.39 Å². The van der Waals surface area contributed by atoms with Gasteiger partial charge in [-0.05, 0) is 43.2 Å². The standard InChI is InChI=1S/C25H24FN3O4S/c1-15(2)34(31,32)29-25(30)21-11-7-10-17(27-21)12-19-18-13-20(26)23(33-3)14-22(18)28-24(19)16-8-5-4-6-9-16/h4-11,13-15,28H,12H2,1-3H3,(H,29,30). The van der Waals surface area contributed by atoms with Gasteiger partial charge in [0.25, 0.3) is 5.91 Å². The molecule has 2 aromatic carbocycles. The normalized spacial score (nSPS) is 11.7. The highest BCUT2D eigenvalue weighted by molar-refractivity contribution is 7.90. The Morgan fingerprint density at radius 2 is 1.85 bits per heavy atom. The first-order valence-corrected chi connectivity index (χ1v) is 12.2. The summed E-state index contributed by atoms with van der Waals surface area (Å²) in [4.78, 5) is 20.2. The molecule has 4 rings (SSSR count). The molecule has 1 amide bonds. The van der Waals surface area contributed by atoms with Crippen molar-refractivity contribution in [3.05, 3.63) is 83.4 Å². The van der Waals surface area contributed by atoms with Gasteiger partial charge in [0.05, 0.1) is 23.6 Å². The van der Waals surface area contributed by atoms with Crippen LogP contribution in [-0.2, 0) is 16.4 Å². The molecule has 176 valence electrons. The number of carbonyl (C=O) groups excluding carboxylic acids is 1. The summed E-state index contributed by atoms with van der Waals surface area (Å²) in [6, 6.07) is 17.4. The molecule has 0 spiro atoms. The Labute approximate surface area is 197 Å². The highest BCUT2D eigenvalue weighted by Gasteiger charge is 2.22. The summed E-state index contributed by atoms with van der Waals surface area (Å²) in [6.07, 6.45) is 0.286. The Morgan fingerprint density at radius 1 is 1.12 bits per heavy atom. The van der Waals surface area contributed by atoms with Gasteiger partial charge in [-0.2, -0.15) is 0 Å². The van der Waals surface area contributed by atoms with Crippen LogP contribution < -0.4 is 9.46 Å². The number of carbonyl (C=O) groups is 1. The van der Waals surface area contributed by atoms with E-state index in [0.29, 0.717) is 16.6 Å². The maximum Gasteiger partial charge on any atom is 0.283 e. The summed E-state index contributed by atoms with van der Waals surface area (Å²) in [5.41, 5.74) is 3.71. The summed E-state index contributed by atoms with van der Waals surface area (Å²) >= 11 is 0. The predicted octanol–water partition coefficient (Wildman–Crippen LogP) is 4.44. The van der Waals surface area contributed by atoms with Crippen LogP contribution in [0.1, 0.15) is 35.6 Å². The van der Waals surface area contributed by atoms with Crippen LogP contribution in [0.3, 0.4) is 0 Å². The molecule has 0 aliphatic heterocycles. The molecule has 0 atom stereocenters. The average Bonchev–Trinajstić information content (AvgIpc) is 3.15. The Balaban J connectivity index is 1.77. The fourth-order valence-electron chi connectivity index (χ4n) is 3.63. The highest BCUT2D eigenvalue weighted by Crippen LogP contribution is 2.35. The highest BCUT2D eigenvalue weighted by atomic mass is 32.2. The van der Waals surface area contributed by atoms with E-state index in [1.165, 1.54) is 33.1 Å². The third-order valence-electron chi connectivity index (χ3n) is 5.49. The van der Waals surface area contributed by atoms with E-state index < -0.39 is 27.0 Å². The second-order valence-electron chi connectivity index (χ2n) is 8.09. The van der Waals surface area contributed by atoms with Gasteiger partial charge in [-0.3, -0.25) is 4.79 Å². The SMILES string of the molecule is COc1cc2[nH]c(-c3ccccc3)c(Cc3cccc(C(=O)NS(=O)(=O)C(C)C)n3)c2cc1F. The van der Waals surface area contributed by atoms with Crippen molar-refractivity contribution >= 4 is 26.8 Å². The van der Waals surface area contributed by atoms with Gasteiger partial charge in [-0.25, -0.2) is 22.5 Å². The molecule has 2 heterocycles. The Hall–Kier alpha value is -3.72. The molecule has 2 N–H and O–H groups in total. The minimum Gasteiger partial charge on any atom is -0.494 e. The van der Waals surface area contributed by atoms with E-state index in [0.717, 1.165) is 16.8 Å². The van der Waals surface area contributed by atoms with Gasteiger partial charge < -0.3 is 9.72 Å².